The molecule has 0 saturated heterocycles. The lowest BCUT2D eigenvalue weighted by Gasteiger charge is -2.11. The first-order chi connectivity index (χ1) is 19.3. The molecule has 2 aromatic heterocycles. The summed E-state index contributed by atoms with van der Waals surface area (Å²) in [5.74, 6) is 0. The van der Waals surface area contributed by atoms with Gasteiger partial charge < -0.3 is 14.9 Å². The van der Waals surface area contributed by atoms with Crippen LogP contribution in [0.15, 0.2) is 140 Å². The molecular weight excluding hydrogens is 474 g/mol. The molecular formula is C36H25N3. The van der Waals surface area contributed by atoms with Crippen molar-refractivity contribution in [3.63, 3.8) is 0 Å². The maximum atomic E-state index is 6.49. The number of anilines is 1. The molecule has 3 nitrogen and oxygen atoms in total. The highest BCUT2D eigenvalue weighted by molar-refractivity contribution is 6.12. The quantitative estimate of drug-likeness (QED) is 0.242. The Hall–Kier alpha value is -5.28. The van der Waals surface area contributed by atoms with Crippen LogP contribution in [0.4, 0.5) is 5.69 Å². The lowest BCUT2D eigenvalue weighted by molar-refractivity contribution is 1.18. The Kier molecular flexibility index (Phi) is 4.67. The van der Waals surface area contributed by atoms with Crippen LogP contribution in [0.3, 0.4) is 0 Å². The summed E-state index contributed by atoms with van der Waals surface area (Å²) in [4.78, 5) is 0. The number of para-hydroxylation sites is 5. The second-order valence-corrected chi connectivity index (χ2v) is 10.1. The van der Waals surface area contributed by atoms with Gasteiger partial charge >= 0.3 is 0 Å². The normalized spacial score (nSPS) is 11.7. The van der Waals surface area contributed by atoms with Crippen molar-refractivity contribution in [1.82, 2.24) is 9.13 Å². The van der Waals surface area contributed by atoms with Crippen molar-refractivity contribution in [1.29, 1.82) is 0 Å². The van der Waals surface area contributed by atoms with E-state index in [0.717, 1.165) is 22.4 Å². The predicted molar refractivity (Wildman–Crippen MR) is 165 cm³/mol. The van der Waals surface area contributed by atoms with Crippen molar-refractivity contribution >= 4 is 49.3 Å². The summed E-state index contributed by atoms with van der Waals surface area (Å²) in [6, 6.07) is 49.5. The minimum absolute atomic E-state index is 0.765. The number of hydrogen-bond donors (Lipinski definition) is 1. The molecule has 0 spiro atoms. The lowest BCUT2D eigenvalue weighted by Crippen LogP contribution is -1.99. The molecule has 0 aliphatic rings. The van der Waals surface area contributed by atoms with Gasteiger partial charge in [0.05, 0.1) is 33.4 Å². The summed E-state index contributed by atoms with van der Waals surface area (Å²) in [5.41, 5.74) is 16.5. The van der Waals surface area contributed by atoms with Crippen molar-refractivity contribution in [2.75, 3.05) is 5.73 Å². The summed E-state index contributed by atoms with van der Waals surface area (Å²) in [6.07, 6.45) is 0. The van der Waals surface area contributed by atoms with E-state index in [-0.39, 0.29) is 0 Å². The number of hydrogen-bond acceptors (Lipinski definition) is 1. The molecule has 6 aromatic carbocycles. The minimum Gasteiger partial charge on any atom is -0.397 e. The average Bonchev–Trinajstić information content (AvgIpc) is 3.50. The van der Waals surface area contributed by atoms with Crippen molar-refractivity contribution in [2.24, 2.45) is 0 Å². The molecule has 8 aromatic rings. The van der Waals surface area contributed by atoms with E-state index in [1.54, 1.807) is 0 Å². The zero-order valence-corrected chi connectivity index (χ0v) is 21.3. The number of benzene rings is 6. The largest absolute Gasteiger partial charge is 0.397 e. The van der Waals surface area contributed by atoms with Crippen LogP contribution in [0.1, 0.15) is 0 Å². The van der Waals surface area contributed by atoms with Crippen LogP contribution in [0.2, 0.25) is 0 Å². The number of nitrogens with two attached hydrogens (primary N) is 1. The molecule has 0 unspecified atom stereocenters. The molecule has 39 heavy (non-hydrogen) atoms. The zero-order chi connectivity index (χ0) is 25.9. The Morgan fingerprint density at radius 1 is 0.385 bits per heavy atom. The topological polar surface area (TPSA) is 35.9 Å². The molecule has 2 heterocycles. The van der Waals surface area contributed by atoms with Gasteiger partial charge in [-0.2, -0.15) is 0 Å². The Balaban J connectivity index is 1.39. The van der Waals surface area contributed by atoms with E-state index in [2.05, 4.69) is 130 Å². The van der Waals surface area contributed by atoms with Gasteiger partial charge in [-0.3, -0.25) is 0 Å². The average molecular weight is 500 g/mol. The number of aromatic nitrogens is 2. The van der Waals surface area contributed by atoms with Gasteiger partial charge in [-0.15, -0.1) is 0 Å². The molecule has 0 atom stereocenters. The van der Waals surface area contributed by atoms with Gasteiger partial charge in [0.15, 0.2) is 0 Å². The Bertz CT molecular complexity index is 2180. The summed E-state index contributed by atoms with van der Waals surface area (Å²) < 4.78 is 4.65. The van der Waals surface area contributed by atoms with E-state index < -0.39 is 0 Å². The first-order valence-corrected chi connectivity index (χ1v) is 13.2. The number of nitrogens with zero attached hydrogens (tertiary/aromatic N) is 2. The third-order valence-corrected chi connectivity index (χ3v) is 7.87. The van der Waals surface area contributed by atoms with Crippen LogP contribution in [-0.4, -0.2) is 9.13 Å². The molecule has 0 aliphatic carbocycles. The molecule has 8 rings (SSSR count). The van der Waals surface area contributed by atoms with Gasteiger partial charge in [-0.25, -0.2) is 0 Å². The molecule has 0 fully saturated rings. The van der Waals surface area contributed by atoms with Crippen LogP contribution in [0.5, 0.6) is 0 Å². The third-order valence-electron chi connectivity index (χ3n) is 7.87. The van der Waals surface area contributed by atoms with Gasteiger partial charge in [0.1, 0.15) is 0 Å². The smallest absolute Gasteiger partial charge is 0.0691 e. The molecule has 0 saturated carbocycles. The minimum atomic E-state index is 0.765. The predicted octanol–water partition coefficient (Wildman–Crippen LogP) is 9.13. The van der Waals surface area contributed by atoms with Gasteiger partial charge in [-0.1, -0.05) is 84.9 Å². The Morgan fingerprint density at radius 2 is 0.949 bits per heavy atom. The molecule has 3 heteroatoms. The van der Waals surface area contributed by atoms with Crippen LogP contribution >= 0.6 is 0 Å². The molecule has 184 valence electrons. The Labute approximate surface area is 226 Å². The van der Waals surface area contributed by atoms with Crippen molar-refractivity contribution < 1.29 is 0 Å². The van der Waals surface area contributed by atoms with Gasteiger partial charge in [-0.05, 0) is 65.7 Å². The zero-order valence-electron chi connectivity index (χ0n) is 21.3. The fourth-order valence-electron chi connectivity index (χ4n) is 6.11. The standard InChI is InChI=1S/C36H25N3/c37-31-14-6-9-17-35(31)39-33-16-8-4-12-27(33)29-20-18-25(23-36(29)39)24-19-21-34-30(22-24)28-13-5-7-15-32(28)38(34)26-10-2-1-3-11-26/h1-23H,37H2. The van der Waals surface area contributed by atoms with Gasteiger partial charge in [0.2, 0.25) is 0 Å². The summed E-state index contributed by atoms with van der Waals surface area (Å²) in [5, 5.41) is 4.95. The van der Waals surface area contributed by atoms with Gasteiger partial charge in [0.25, 0.3) is 0 Å². The van der Waals surface area contributed by atoms with Gasteiger partial charge in [0, 0.05) is 27.2 Å². The van der Waals surface area contributed by atoms with Crippen LogP contribution in [-0.2, 0) is 0 Å². The van der Waals surface area contributed by atoms with E-state index in [1.807, 2.05) is 18.2 Å². The molecule has 0 aliphatic heterocycles. The van der Waals surface area contributed by atoms with E-state index in [0.29, 0.717) is 0 Å². The van der Waals surface area contributed by atoms with Crippen molar-refractivity contribution in [2.45, 2.75) is 0 Å². The van der Waals surface area contributed by atoms with Crippen LogP contribution in [0.25, 0.3) is 66.1 Å². The van der Waals surface area contributed by atoms with Crippen LogP contribution < -0.4 is 5.73 Å². The first-order valence-electron chi connectivity index (χ1n) is 13.2. The fraction of sp³-hybridized carbons (Fsp3) is 0. The summed E-state index contributed by atoms with van der Waals surface area (Å²) in [6.45, 7) is 0. The first kappa shape index (κ1) is 21.8. The molecule has 0 bridgehead atoms. The number of fused-ring (bicyclic) bond motifs is 6. The molecule has 2 N–H and O–H groups in total. The summed E-state index contributed by atoms with van der Waals surface area (Å²) in [7, 11) is 0. The van der Waals surface area contributed by atoms with Crippen molar-refractivity contribution in [3.05, 3.63) is 140 Å². The highest BCUT2D eigenvalue weighted by atomic mass is 15.0. The second-order valence-electron chi connectivity index (χ2n) is 10.1. The highest BCUT2D eigenvalue weighted by Gasteiger charge is 2.16. The van der Waals surface area contributed by atoms with Crippen LogP contribution in [0, 0.1) is 0 Å². The number of nitrogen functional groups attached to an aromatic ring is 1. The number of rotatable bonds is 3. The highest BCUT2D eigenvalue weighted by Crippen LogP contribution is 2.38. The summed E-state index contributed by atoms with van der Waals surface area (Å²) >= 11 is 0. The maximum absolute atomic E-state index is 6.49. The molecule has 0 amide bonds. The second kappa shape index (κ2) is 8.37. The fourth-order valence-corrected chi connectivity index (χ4v) is 6.11. The molecule has 0 radical (unpaired) electrons. The Morgan fingerprint density at radius 3 is 1.74 bits per heavy atom. The third kappa shape index (κ3) is 3.23. The van der Waals surface area contributed by atoms with E-state index in [9.17, 15) is 0 Å². The van der Waals surface area contributed by atoms with E-state index >= 15 is 0 Å². The lowest BCUT2D eigenvalue weighted by atomic mass is 10.0. The SMILES string of the molecule is Nc1ccccc1-n1c2ccccc2c2ccc(-c3ccc4c(c3)c3ccccc3n4-c3ccccc3)cc21. The maximum Gasteiger partial charge on any atom is 0.0691 e. The monoisotopic (exact) mass is 499 g/mol. The van der Waals surface area contributed by atoms with E-state index in [4.69, 9.17) is 5.73 Å². The van der Waals surface area contributed by atoms with Crippen molar-refractivity contribution in [3.8, 4) is 22.5 Å². The van der Waals surface area contributed by atoms with E-state index in [1.165, 1.54) is 49.4 Å².